The van der Waals surface area contributed by atoms with E-state index in [2.05, 4.69) is 25.3 Å². The Kier molecular flexibility index (Phi) is 7.09. The molecule has 1 unspecified atom stereocenters. The molecule has 1 atom stereocenters. The van der Waals surface area contributed by atoms with Gasteiger partial charge in [-0.25, -0.2) is 13.8 Å². The lowest BCUT2D eigenvalue weighted by Gasteiger charge is -2.36. The molecule has 220 valence electrons. The fourth-order valence-electron chi connectivity index (χ4n) is 5.50. The fraction of sp³-hybridized carbons (Fsp3) is 0.393. The Morgan fingerprint density at radius 3 is 2.76 bits per heavy atom. The van der Waals surface area contributed by atoms with Gasteiger partial charge in [0, 0.05) is 64.5 Å². The summed E-state index contributed by atoms with van der Waals surface area (Å²) in [5, 5.41) is 7.74. The van der Waals surface area contributed by atoms with Crippen molar-refractivity contribution in [1.82, 2.24) is 34.4 Å². The third-order valence-electron chi connectivity index (χ3n) is 7.77. The quantitative estimate of drug-likeness (QED) is 0.283. The van der Waals surface area contributed by atoms with E-state index in [1.807, 2.05) is 21.6 Å². The predicted molar refractivity (Wildman–Crippen MR) is 152 cm³/mol. The minimum absolute atomic E-state index is 0.0327. The zero-order valence-corrected chi connectivity index (χ0v) is 22.9. The Labute approximate surface area is 239 Å². The van der Waals surface area contributed by atoms with E-state index in [1.54, 1.807) is 23.2 Å². The summed E-state index contributed by atoms with van der Waals surface area (Å²) < 4.78 is 49.6. The van der Waals surface area contributed by atoms with Crippen molar-refractivity contribution in [3.63, 3.8) is 0 Å². The van der Waals surface area contributed by atoms with Gasteiger partial charge in [0.15, 0.2) is 23.0 Å². The molecule has 2 aliphatic heterocycles. The number of furan rings is 1. The Balaban J connectivity index is 0.993. The molecule has 42 heavy (non-hydrogen) atoms. The first-order valence-corrected chi connectivity index (χ1v) is 14.0. The Bertz CT molecular complexity index is 1690. The molecule has 0 amide bonds. The van der Waals surface area contributed by atoms with E-state index >= 15 is 0 Å². The third kappa shape index (κ3) is 5.12. The molecule has 2 aliphatic rings. The van der Waals surface area contributed by atoms with Crippen LogP contribution in [0.1, 0.15) is 0 Å². The largest absolute Gasteiger partial charge is 0.488 e. The molecule has 2 fully saturated rings. The number of ether oxygens (including phenoxy) is 2. The maximum Gasteiger partial charge on any atom is 0.223 e. The van der Waals surface area contributed by atoms with Crippen LogP contribution >= 0.6 is 0 Å². The summed E-state index contributed by atoms with van der Waals surface area (Å²) in [6.45, 7) is 6.23. The summed E-state index contributed by atoms with van der Waals surface area (Å²) in [4.78, 5) is 13.4. The average Bonchev–Trinajstić information content (AvgIpc) is 3.77. The maximum atomic E-state index is 14.8. The minimum Gasteiger partial charge on any atom is -0.488 e. The summed E-state index contributed by atoms with van der Waals surface area (Å²) in [5.41, 5.74) is 9.38. The van der Waals surface area contributed by atoms with Crippen LogP contribution in [0, 0.1) is 11.6 Å². The van der Waals surface area contributed by atoms with E-state index in [4.69, 9.17) is 19.6 Å². The number of nitrogen functional groups attached to an aromatic ring is 1. The highest BCUT2D eigenvalue weighted by atomic mass is 19.1. The van der Waals surface area contributed by atoms with Gasteiger partial charge in [-0.3, -0.25) is 4.90 Å². The number of nitrogens with two attached hydrogens (primary N) is 1. The molecule has 6 heterocycles. The van der Waals surface area contributed by atoms with Gasteiger partial charge in [0.25, 0.3) is 0 Å². The van der Waals surface area contributed by atoms with Crippen molar-refractivity contribution < 1.29 is 22.7 Å². The highest BCUT2D eigenvalue weighted by Gasteiger charge is 2.23. The summed E-state index contributed by atoms with van der Waals surface area (Å²) in [6, 6.07) is 7.89. The molecular formula is C28H31F2N9O3. The lowest BCUT2D eigenvalue weighted by molar-refractivity contribution is -0.000550. The molecule has 12 nitrogen and oxygen atoms in total. The lowest BCUT2D eigenvalue weighted by Crippen LogP contribution is -2.47. The molecule has 7 rings (SSSR count). The second kappa shape index (κ2) is 11.2. The number of anilines is 2. The number of fused-ring (bicyclic) bond motifs is 3. The number of hydrogen-bond acceptors (Lipinski definition) is 10. The van der Waals surface area contributed by atoms with Crippen molar-refractivity contribution in [1.29, 1.82) is 0 Å². The van der Waals surface area contributed by atoms with E-state index in [-0.39, 0.29) is 24.4 Å². The second-order valence-corrected chi connectivity index (χ2v) is 10.5. The first-order valence-electron chi connectivity index (χ1n) is 14.0. The van der Waals surface area contributed by atoms with Gasteiger partial charge in [-0.1, -0.05) is 0 Å². The molecule has 0 saturated carbocycles. The zero-order chi connectivity index (χ0) is 28.6. The number of hydrogen-bond donors (Lipinski definition) is 2. The van der Waals surface area contributed by atoms with Crippen molar-refractivity contribution in [2.75, 3.05) is 69.7 Å². The van der Waals surface area contributed by atoms with Gasteiger partial charge in [-0.05, 0) is 18.2 Å². The van der Waals surface area contributed by atoms with Gasteiger partial charge < -0.3 is 34.4 Å². The van der Waals surface area contributed by atoms with Crippen LogP contribution in [0.3, 0.4) is 0 Å². The molecule has 0 radical (unpaired) electrons. The van der Waals surface area contributed by atoms with Gasteiger partial charge in [0.2, 0.25) is 5.95 Å². The standard InChI is InChI=1S/C28H31F2N9O3/c29-19-12-20(30)25(42-16-18-15-32-3-11-40-18)14-22(19)37-7-4-36(5-8-37)6-9-38-17-33-26-23-13-21(24-2-1-10-41-24)35-39(23)28(31)34-27(26)38/h1-2,10,12-14,17-18,32H,3-9,11,15-16H2,(H2,31,34). The van der Waals surface area contributed by atoms with Crippen LogP contribution in [0.4, 0.5) is 20.4 Å². The van der Waals surface area contributed by atoms with E-state index < -0.39 is 11.6 Å². The summed E-state index contributed by atoms with van der Waals surface area (Å²) in [6.07, 6.45) is 3.19. The van der Waals surface area contributed by atoms with Crippen molar-refractivity contribution in [3.05, 3.63) is 54.6 Å². The third-order valence-corrected chi connectivity index (χ3v) is 7.77. The molecule has 5 aromatic rings. The van der Waals surface area contributed by atoms with Crippen LogP contribution in [0.25, 0.3) is 28.1 Å². The number of benzene rings is 1. The minimum atomic E-state index is -0.717. The Morgan fingerprint density at radius 1 is 1.10 bits per heavy atom. The number of imidazole rings is 1. The summed E-state index contributed by atoms with van der Waals surface area (Å²) in [5.74, 6) is -0.381. The number of nitrogens with one attached hydrogen (secondary N) is 1. The molecule has 0 bridgehead atoms. The predicted octanol–water partition coefficient (Wildman–Crippen LogP) is 2.39. The van der Waals surface area contributed by atoms with Gasteiger partial charge in [0.1, 0.15) is 35.3 Å². The van der Waals surface area contributed by atoms with Crippen LogP contribution < -0.4 is 20.7 Å². The molecule has 0 aliphatic carbocycles. The van der Waals surface area contributed by atoms with Crippen molar-refractivity contribution in [2.24, 2.45) is 0 Å². The zero-order valence-electron chi connectivity index (χ0n) is 22.9. The van der Waals surface area contributed by atoms with E-state index in [1.165, 1.54) is 6.07 Å². The Hall–Kier alpha value is -4.27. The number of morpholine rings is 1. The van der Waals surface area contributed by atoms with Crippen LogP contribution in [-0.2, 0) is 11.3 Å². The van der Waals surface area contributed by atoms with E-state index in [9.17, 15) is 8.78 Å². The summed E-state index contributed by atoms with van der Waals surface area (Å²) >= 11 is 0. The van der Waals surface area contributed by atoms with E-state index in [0.717, 1.165) is 37.8 Å². The monoisotopic (exact) mass is 579 g/mol. The highest BCUT2D eigenvalue weighted by molar-refractivity contribution is 5.90. The molecule has 14 heteroatoms. The van der Waals surface area contributed by atoms with Crippen LogP contribution in [-0.4, -0.2) is 94.2 Å². The molecule has 1 aromatic carbocycles. The fourth-order valence-corrected chi connectivity index (χ4v) is 5.50. The molecular weight excluding hydrogens is 548 g/mol. The van der Waals surface area contributed by atoms with Crippen LogP contribution in [0.15, 0.2) is 47.3 Å². The normalized spacial score (nSPS) is 18.3. The van der Waals surface area contributed by atoms with Crippen LogP contribution in [0.2, 0.25) is 0 Å². The first kappa shape index (κ1) is 26.6. The highest BCUT2D eigenvalue weighted by Crippen LogP contribution is 2.30. The van der Waals surface area contributed by atoms with Gasteiger partial charge >= 0.3 is 0 Å². The topological polar surface area (TPSA) is 124 Å². The number of piperazine rings is 1. The van der Waals surface area contributed by atoms with Crippen molar-refractivity contribution >= 4 is 28.3 Å². The van der Waals surface area contributed by atoms with Gasteiger partial charge in [0.05, 0.1) is 24.9 Å². The maximum absolute atomic E-state index is 14.8. The van der Waals surface area contributed by atoms with E-state index in [0.29, 0.717) is 61.1 Å². The molecule has 3 N–H and O–H groups in total. The molecule has 0 spiro atoms. The van der Waals surface area contributed by atoms with Crippen molar-refractivity contribution in [3.8, 4) is 17.2 Å². The smallest absolute Gasteiger partial charge is 0.223 e. The van der Waals surface area contributed by atoms with Gasteiger partial charge in [-0.15, -0.1) is 0 Å². The van der Waals surface area contributed by atoms with Crippen LogP contribution in [0.5, 0.6) is 5.75 Å². The summed E-state index contributed by atoms with van der Waals surface area (Å²) in [7, 11) is 0. The first-order chi connectivity index (χ1) is 20.5. The number of halogens is 2. The second-order valence-electron chi connectivity index (χ2n) is 10.5. The SMILES string of the molecule is Nc1nc2c(ncn2CCN2CCN(c3cc(OCC4CNCCO4)c(F)cc3F)CC2)c2cc(-c3ccco3)nn12. The molecule has 2 saturated heterocycles. The lowest BCUT2D eigenvalue weighted by atomic mass is 10.2. The van der Waals surface area contributed by atoms with Gasteiger partial charge in [-0.2, -0.15) is 14.6 Å². The number of nitrogens with zero attached hydrogens (tertiary/aromatic N) is 7. The molecule has 4 aromatic heterocycles. The number of aromatic nitrogens is 5. The average molecular weight is 580 g/mol. The number of rotatable bonds is 8. The Morgan fingerprint density at radius 2 is 1.98 bits per heavy atom. The van der Waals surface area contributed by atoms with Crippen molar-refractivity contribution in [2.45, 2.75) is 12.6 Å².